The van der Waals surface area contributed by atoms with Gasteiger partial charge in [-0.15, -0.1) is 0 Å². The van der Waals surface area contributed by atoms with Crippen LogP contribution < -0.4 is 9.50 Å². The molecule has 1 atom stereocenters. The zero-order chi connectivity index (χ0) is 13.5. The van der Waals surface area contributed by atoms with E-state index in [0.717, 1.165) is 11.3 Å². The topological polar surface area (TPSA) is 58.6 Å². The number of rotatable bonds is 7. The Morgan fingerprint density at radius 2 is 2.00 bits per heavy atom. The van der Waals surface area contributed by atoms with Crippen molar-refractivity contribution >= 4 is 18.0 Å². The second-order valence-corrected chi connectivity index (χ2v) is 4.81. The summed E-state index contributed by atoms with van der Waals surface area (Å²) in [6.45, 7) is 3.87. The van der Waals surface area contributed by atoms with Crippen molar-refractivity contribution in [1.29, 1.82) is 0 Å². The van der Waals surface area contributed by atoms with Gasteiger partial charge < -0.3 is 14.6 Å². The van der Waals surface area contributed by atoms with Crippen LogP contribution in [0.15, 0.2) is 24.3 Å². The standard InChI is InChI=1S/C13H19NO3S/c1-9(2)14-12(13(15)16)8-10-4-6-11(7-5-10)17-18-3/h4-7,9,12,14H,8H2,1-3H3,(H,15,16)/t12-/m0/s1. The Labute approximate surface area is 112 Å². The number of hydrogen-bond acceptors (Lipinski definition) is 4. The molecule has 0 saturated carbocycles. The van der Waals surface area contributed by atoms with Crippen LogP contribution in [0.1, 0.15) is 19.4 Å². The van der Waals surface area contributed by atoms with Gasteiger partial charge in [0.1, 0.15) is 11.8 Å². The van der Waals surface area contributed by atoms with Gasteiger partial charge >= 0.3 is 5.97 Å². The van der Waals surface area contributed by atoms with E-state index in [4.69, 9.17) is 9.29 Å². The Bertz CT molecular complexity index is 378. The second-order valence-electron chi connectivity index (χ2n) is 4.31. The molecule has 5 heteroatoms. The minimum atomic E-state index is -0.826. The largest absolute Gasteiger partial charge is 0.480 e. The Kier molecular flexibility index (Phi) is 6.01. The first-order valence-corrected chi connectivity index (χ1v) is 6.96. The lowest BCUT2D eigenvalue weighted by atomic mass is 10.1. The minimum absolute atomic E-state index is 0.144. The summed E-state index contributed by atoms with van der Waals surface area (Å²) >= 11 is 1.28. The van der Waals surface area contributed by atoms with Crippen LogP contribution in [-0.4, -0.2) is 29.4 Å². The first-order chi connectivity index (χ1) is 8.52. The molecule has 0 aromatic heterocycles. The van der Waals surface area contributed by atoms with Crippen LogP contribution in [0, 0.1) is 0 Å². The number of carboxylic acids is 1. The smallest absolute Gasteiger partial charge is 0.321 e. The van der Waals surface area contributed by atoms with Crippen LogP contribution in [0.5, 0.6) is 5.75 Å². The van der Waals surface area contributed by atoms with Gasteiger partial charge in [-0.25, -0.2) is 0 Å². The predicted octanol–water partition coefficient (Wildman–Crippen LogP) is 2.34. The second kappa shape index (κ2) is 7.28. The molecule has 1 aromatic rings. The molecular weight excluding hydrogens is 250 g/mol. The summed E-state index contributed by atoms with van der Waals surface area (Å²) in [6.07, 6.45) is 2.31. The SMILES string of the molecule is CSOc1ccc(C[C@H](NC(C)C)C(=O)O)cc1. The number of aliphatic carboxylic acids is 1. The molecule has 0 aliphatic heterocycles. The number of benzene rings is 1. The van der Waals surface area contributed by atoms with Crippen molar-refractivity contribution in [1.82, 2.24) is 5.32 Å². The lowest BCUT2D eigenvalue weighted by Crippen LogP contribution is -2.42. The maximum Gasteiger partial charge on any atom is 0.321 e. The van der Waals surface area contributed by atoms with E-state index in [9.17, 15) is 4.79 Å². The molecular formula is C13H19NO3S. The Hall–Kier alpha value is -1.20. The fourth-order valence-electron chi connectivity index (χ4n) is 1.63. The fraction of sp³-hybridized carbons (Fsp3) is 0.462. The van der Waals surface area contributed by atoms with Crippen molar-refractivity contribution in [3.8, 4) is 5.75 Å². The van der Waals surface area contributed by atoms with Crippen LogP contribution in [0.2, 0.25) is 0 Å². The Balaban J connectivity index is 2.66. The van der Waals surface area contributed by atoms with Crippen molar-refractivity contribution in [2.24, 2.45) is 0 Å². The van der Waals surface area contributed by atoms with Gasteiger partial charge in [0.05, 0.1) is 12.0 Å². The third kappa shape index (κ3) is 4.98. The summed E-state index contributed by atoms with van der Waals surface area (Å²) in [5.41, 5.74) is 0.976. The molecule has 0 aliphatic carbocycles. The van der Waals surface area contributed by atoms with Crippen LogP contribution in [0.4, 0.5) is 0 Å². The molecule has 0 spiro atoms. The van der Waals surface area contributed by atoms with E-state index in [2.05, 4.69) is 5.32 Å². The number of hydrogen-bond donors (Lipinski definition) is 2. The Morgan fingerprint density at radius 3 is 2.44 bits per heavy atom. The molecule has 1 aromatic carbocycles. The summed E-state index contributed by atoms with van der Waals surface area (Å²) in [6, 6.07) is 7.07. The van der Waals surface area contributed by atoms with E-state index in [0.29, 0.717) is 6.42 Å². The molecule has 0 amide bonds. The van der Waals surface area contributed by atoms with E-state index in [1.165, 1.54) is 12.0 Å². The summed E-state index contributed by atoms with van der Waals surface area (Å²) in [7, 11) is 0. The average Bonchev–Trinajstić information content (AvgIpc) is 2.30. The summed E-state index contributed by atoms with van der Waals surface area (Å²) in [4.78, 5) is 11.1. The highest BCUT2D eigenvalue weighted by atomic mass is 32.2. The highest BCUT2D eigenvalue weighted by Crippen LogP contribution is 2.16. The minimum Gasteiger partial charge on any atom is -0.480 e. The van der Waals surface area contributed by atoms with Gasteiger partial charge in [-0.1, -0.05) is 26.0 Å². The molecule has 18 heavy (non-hydrogen) atoms. The average molecular weight is 269 g/mol. The number of carbonyl (C=O) groups is 1. The monoisotopic (exact) mass is 269 g/mol. The van der Waals surface area contributed by atoms with Crippen molar-refractivity contribution < 1.29 is 14.1 Å². The molecule has 0 bridgehead atoms. The highest BCUT2D eigenvalue weighted by molar-refractivity contribution is 7.94. The van der Waals surface area contributed by atoms with Gasteiger partial charge in [0, 0.05) is 12.3 Å². The molecule has 0 radical (unpaired) electrons. The Morgan fingerprint density at radius 1 is 1.39 bits per heavy atom. The summed E-state index contributed by atoms with van der Waals surface area (Å²) in [5.74, 6) is -0.0527. The maximum atomic E-state index is 11.1. The third-order valence-corrected chi connectivity index (χ3v) is 2.73. The summed E-state index contributed by atoms with van der Waals surface area (Å²) in [5, 5.41) is 12.2. The highest BCUT2D eigenvalue weighted by Gasteiger charge is 2.18. The predicted molar refractivity (Wildman–Crippen MR) is 74.0 cm³/mol. The molecule has 1 rings (SSSR count). The molecule has 0 aliphatic rings. The van der Waals surface area contributed by atoms with Crippen LogP contribution >= 0.6 is 12.0 Å². The van der Waals surface area contributed by atoms with Gasteiger partial charge in [0.15, 0.2) is 0 Å². The molecule has 0 fully saturated rings. The van der Waals surface area contributed by atoms with Crippen LogP contribution in [-0.2, 0) is 11.2 Å². The fourth-order valence-corrected chi connectivity index (χ4v) is 1.94. The lowest BCUT2D eigenvalue weighted by Gasteiger charge is -2.17. The van der Waals surface area contributed by atoms with E-state index < -0.39 is 12.0 Å². The first kappa shape index (κ1) is 14.9. The molecule has 0 unspecified atom stereocenters. The number of nitrogens with one attached hydrogen (secondary N) is 1. The van der Waals surface area contributed by atoms with E-state index in [1.807, 2.05) is 44.4 Å². The van der Waals surface area contributed by atoms with Crippen LogP contribution in [0.3, 0.4) is 0 Å². The molecule has 2 N–H and O–H groups in total. The normalized spacial score (nSPS) is 12.4. The van der Waals surface area contributed by atoms with Crippen molar-refractivity contribution in [3.63, 3.8) is 0 Å². The lowest BCUT2D eigenvalue weighted by molar-refractivity contribution is -0.139. The van der Waals surface area contributed by atoms with Gasteiger partial charge in [-0.05, 0) is 24.1 Å². The maximum absolute atomic E-state index is 11.1. The molecule has 4 nitrogen and oxygen atoms in total. The van der Waals surface area contributed by atoms with E-state index >= 15 is 0 Å². The number of carboxylic acid groups (broad SMARTS) is 1. The van der Waals surface area contributed by atoms with E-state index in [1.54, 1.807) is 0 Å². The zero-order valence-electron chi connectivity index (χ0n) is 10.8. The summed E-state index contributed by atoms with van der Waals surface area (Å²) < 4.78 is 5.26. The van der Waals surface area contributed by atoms with Crippen molar-refractivity contribution in [3.05, 3.63) is 29.8 Å². The molecule has 100 valence electrons. The third-order valence-electron chi connectivity index (χ3n) is 2.38. The van der Waals surface area contributed by atoms with Crippen molar-refractivity contribution in [2.45, 2.75) is 32.4 Å². The van der Waals surface area contributed by atoms with Gasteiger partial charge in [0.2, 0.25) is 0 Å². The molecule has 0 saturated heterocycles. The quantitative estimate of drug-likeness (QED) is 0.744. The van der Waals surface area contributed by atoms with Gasteiger partial charge in [-0.3, -0.25) is 4.79 Å². The molecule has 0 heterocycles. The van der Waals surface area contributed by atoms with Crippen molar-refractivity contribution in [2.75, 3.05) is 6.26 Å². The van der Waals surface area contributed by atoms with Crippen LogP contribution in [0.25, 0.3) is 0 Å². The zero-order valence-corrected chi connectivity index (χ0v) is 11.7. The van der Waals surface area contributed by atoms with E-state index in [-0.39, 0.29) is 6.04 Å². The first-order valence-electron chi connectivity index (χ1n) is 5.81. The van der Waals surface area contributed by atoms with Gasteiger partial charge in [-0.2, -0.15) is 0 Å². The van der Waals surface area contributed by atoms with Gasteiger partial charge in [0.25, 0.3) is 0 Å².